The number of hydrogen-bond acceptors (Lipinski definition) is 4. The van der Waals surface area contributed by atoms with Gasteiger partial charge in [-0.1, -0.05) is 12.1 Å². The molecule has 0 saturated heterocycles. The van der Waals surface area contributed by atoms with E-state index in [2.05, 4.69) is 15.4 Å². The van der Waals surface area contributed by atoms with Gasteiger partial charge in [-0.15, -0.1) is 0 Å². The summed E-state index contributed by atoms with van der Waals surface area (Å²) in [6, 6.07) is 8.28. The van der Waals surface area contributed by atoms with Crippen LogP contribution in [0.5, 0.6) is 0 Å². The summed E-state index contributed by atoms with van der Waals surface area (Å²) in [5.41, 5.74) is -0.187. The summed E-state index contributed by atoms with van der Waals surface area (Å²) in [7, 11) is -3.68. The Labute approximate surface area is 165 Å². The van der Waals surface area contributed by atoms with E-state index in [1.54, 1.807) is 0 Å². The van der Waals surface area contributed by atoms with Crippen LogP contribution in [0.3, 0.4) is 0 Å². The molecule has 0 saturated carbocycles. The van der Waals surface area contributed by atoms with Gasteiger partial charge in [-0.3, -0.25) is 14.3 Å². The van der Waals surface area contributed by atoms with Gasteiger partial charge in [-0.25, -0.2) is 8.42 Å². The zero-order valence-corrected chi connectivity index (χ0v) is 16.2. The van der Waals surface area contributed by atoms with Gasteiger partial charge in [0.05, 0.1) is 23.1 Å². The van der Waals surface area contributed by atoms with E-state index < -0.39 is 27.7 Å². The van der Waals surface area contributed by atoms with Crippen molar-refractivity contribution in [1.82, 2.24) is 5.32 Å². The van der Waals surface area contributed by atoms with Crippen molar-refractivity contribution >= 4 is 33.2 Å². The molecule has 0 heterocycles. The van der Waals surface area contributed by atoms with Crippen LogP contribution in [-0.2, 0) is 27.5 Å². The third-order valence-corrected chi connectivity index (χ3v) is 4.20. The predicted octanol–water partition coefficient (Wildman–Crippen LogP) is 2.97. The molecule has 0 aliphatic carbocycles. The number of carbonyl (C=O) groups is 2. The number of rotatable bonds is 6. The van der Waals surface area contributed by atoms with E-state index in [-0.39, 0.29) is 29.4 Å². The van der Waals surface area contributed by atoms with E-state index >= 15 is 0 Å². The van der Waals surface area contributed by atoms with Gasteiger partial charge in [0.2, 0.25) is 15.9 Å². The molecule has 3 N–H and O–H groups in total. The lowest BCUT2D eigenvalue weighted by Gasteiger charge is -2.13. The quantitative estimate of drug-likeness (QED) is 0.657. The Kier molecular flexibility index (Phi) is 6.52. The Bertz CT molecular complexity index is 1020. The molecule has 2 rings (SSSR count). The molecule has 0 atom stereocenters. The number of anilines is 2. The van der Waals surface area contributed by atoms with E-state index in [0.717, 1.165) is 18.4 Å². The van der Waals surface area contributed by atoms with E-state index in [0.29, 0.717) is 5.56 Å². The fourth-order valence-corrected chi connectivity index (χ4v) is 2.97. The molecule has 0 fully saturated rings. The van der Waals surface area contributed by atoms with E-state index in [4.69, 9.17) is 0 Å². The molecule has 0 spiro atoms. The summed E-state index contributed by atoms with van der Waals surface area (Å²) in [5, 5.41) is 4.99. The highest BCUT2D eigenvalue weighted by atomic mass is 32.2. The van der Waals surface area contributed by atoms with E-state index in [1.165, 1.54) is 37.3 Å². The Morgan fingerprint density at radius 1 is 1.03 bits per heavy atom. The highest BCUT2D eigenvalue weighted by Crippen LogP contribution is 2.29. The number of amides is 2. The molecule has 0 radical (unpaired) electrons. The second-order valence-corrected chi connectivity index (χ2v) is 7.94. The maximum absolute atomic E-state index is 12.6. The van der Waals surface area contributed by atoms with Gasteiger partial charge in [0.1, 0.15) is 0 Å². The average Bonchev–Trinajstić information content (AvgIpc) is 2.59. The highest BCUT2D eigenvalue weighted by molar-refractivity contribution is 7.92. The summed E-state index contributed by atoms with van der Waals surface area (Å²) in [6.07, 6.45) is -3.54. The van der Waals surface area contributed by atoms with Gasteiger partial charge in [-0.05, 0) is 35.9 Å². The standard InChI is InChI=1S/C18H18F3N3O4S/c1-11(25)23-14-7-8-16(24-29(2,27)28)15(9-14)17(26)22-10-12-3-5-13(6-4-12)18(19,20)21/h3-9,24H,10H2,1-2H3,(H,22,26)(H,23,25). The van der Waals surface area contributed by atoms with Crippen molar-refractivity contribution in [2.75, 3.05) is 16.3 Å². The Morgan fingerprint density at radius 2 is 1.66 bits per heavy atom. The van der Waals surface area contributed by atoms with Crippen LogP contribution in [0.1, 0.15) is 28.4 Å². The van der Waals surface area contributed by atoms with Crippen molar-refractivity contribution in [2.24, 2.45) is 0 Å². The van der Waals surface area contributed by atoms with Crippen LogP contribution < -0.4 is 15.4 Å². The number of benzene rings is 2. The van der Waals surface area contributed by atoms with Crippen LogP contribution in [0.15, 0.2) is 42.5 Å². The SMILES string of the molecule is CC(=O)Nc1ccc(NS(C)(=O)=O)c(C(=O)NCc2ccc(C(F)(F)F)cc2)c1. The van der Waals surface area contributed by atoms with Gasteiger partial charge >= 0.3 is 6.18 Å². The number of nitrogens with one attached hydrogen (secondary N) is 3. The highest BCUT2D eigenvalue weighted by Gasteiger charge is 2.29. The number of halogens is 3. The molecule has 2 amide bonds. The summed E-state index contributed by atoms with van der Waals surface area (Å²) in [4.78, 5) is 23.8. The smallest absolute Gasteiger partial charge is 0.348 e. The zero-order chi connectivity index (χ0) is 21.8. The molecule has 0 aliphatic rings. The average molecular weight is 429 g/mol. The van der Waals surface area contributed by atoms with E-state index in [1.807, 2.05) is 0 Å². The normalized spacial score (nSPS) is 11.6. The van der Waals surface area contributed by atoms with Gasteiger partial charge < -0.3 is 10.6 Å². The van der Waals surface area contributed by atoms with Crippen LogP contribution in [0.2, 0.25) is 0 Å². The van der Waals surface area contributed by atoms with Crippen LogP contribution in [0.25, 0.3) is 0 Å². The number of hydrogen-bond donors (Lipinski definition) is 3. The third kappa shape index (κ3) is 6.79. The molecule has 0 unspecified atom stereocenters. The molecular weight excluding hydrogens is 411 g/mol. The van der Waals surface area contributed by atoms with E-state index in [9.17, 15) is 31.2 Å². The summed E-state index contributed by atoms with van der Waals surface area (Å²) in [5.74, 6) is -1.06. The van der Waals surface area contributed by atoms with Gasteiger partial charge in [0.15, 0.2) is 0 Å². The number of sulfonamides is 1. The van der Waals surface area contributed by atoms with Crippen molar-refractivity contribution in [3.63, 3.8) is 0 Å². The van der Waals surface area contributed by atoms with Gasteiger partial charge in [-0.2, -0.15) is 13.2 Å². The summed E-state index contributed by atoms with van der Waals surface area (Å²) >= 11 is 0. The van der Waals surface area contributed by atoms with Crippen molar-refractivity contribution in [1.29, 1.82) is 0 Å². The first-order chi connectivity index (χ1) is 13.3. The maximum atomic E-state index is 12.6. The molecular formula is C18H18F3N3O4S. The first kappa shape index (κ1) is 22.2. The monoisotopic (exact) mass is 429 g/mol. The number of alkyl halides is 3. The first-order valence-electron chi connectivity index (χ1n) is 8.19. The summed E-state index contributed by atoms with van der Waals surface area (Å²) in [6.45, 7) is 1.19. The third-order valence-electron chi connectivity index (χ3n) is 3.61. The molecule has 0 aromatic heterocycles. The summed E-state index contributed by atoms with van der Waals surface area (Å²) < 4.78 is 63.1. The maximum Gasteiger partial charge on any atom is 0.416 e. The molecule has 156 valence electrons. The second-order valence-electron chi connectivity index (χ2n) is 6.19. The molecule has 2 aromatic rings. The molecule has 2 aromatic carbocycles. The second kappa shape index (κ2) is 8.52. The van der Waals surface area contributed by atoms with Crippen molar-refractivity contribution in [2.45, 2.75) is 19.6 Å². The fourth-order valence-electron chi connectivity index (χ4n) is 2.39. The lowest BCUT2D eigenvalue weighted by atomic mass is 10.1. The largest absolute Gasteiger partial charge is 0.416 e. The minimum Gasteiger partial charge on any atom is -0.348 e. The zero-order valence-electron chi connectivity index (χ0n) is 15.4. The molecule has 7 nitrogen and oxygen atoms in total. The first-order valence-corrected chi connectivity index (χ1v) is 10.1. The van der Waals surface area contributed by atoms with Crippen LogP contribution >= 0.6 is 0 Å². The molecule has 29 heavy (non-hydrogen) atoms. The molecule has 0 aliphatic heterocycles. The van der Waals surface area contributed by atoms with Crippen molar-refractivity contribution in [3.8, 4) is 0 Å². The predicted molar refractivity (Wildman–Crippen MR) is 102 cm³/mol. The van der Waals surface area contributed by atoms with Crippen molar-refractivity contribution in [3.05, 3.63) is 59.2 Å². The lowest BCUT2D eigenvalue weighted by Crippen LogP contribution is -2.25. The molecule has 0 bridgehead atoms. The minimum absolute atomic E-state index is 0.00785. The van der Waals surface area contributed by atoms with Gasteiger partial charge in [0, 0.05) is 19.2 Å². The Hall–Kier alpha value is -3.08. The molecule has 11 heteroatoms. The van der Waals surface area contributed by atoms with Gasteiger partial charge in [0.25, 0.3) is 5.91 Å². The van der Waals surface area contributed by atoms with Crippen LogP contribution in [0.4, 0.5) is 24.5 Å². The number of carbonyl (C=O) groups excluding carboxylic acids is 2. The van der Waals surface area contributed by atoms with Crippen molar-refractivity contribution < 1.29 is 31.2 Å². The topological polar surface area (TPSA) is 104 Å². The lowest BCUT2D eigenvalue weighted by molar-refractivity contribution is -0.137. The minimum atomic E-state index is -4.46. The Balaban J connectivity index is 2.22. The van der Waals surface area contributed by atoms with Crippen LogP contribution in [0, 0.1) is 0 Å². The Morgan fingerprint density at radius 3 is 2.17 bits per heavy atom. The fraction of sp³-hybridized carbons (Fsp3) is 0.222. The van der Waals surface area contributed by atoms with Crippen LogP contribution in [-0.4, -0.2) is 26.5 Å².